The largest absolute Gasteiger partial charge is 0.364 e. The van der Waals surface area contributed by atoms with Crippen molar-refractivity contribution in [3.05, 3.63) is 38.7 Å². The van der Waals surface area contributed by atoms with E-state index in [1.165, 1.54) is 11.3 Å². The summed E-state index contributed by atoms with van der Waals surface area (Å²) < 4.78 is 0.790. The lowest BCUT2D eigenvalue weighted by Crippen LogP contribution is -2.17. The van der Waals surface area contributed by atoms with E-state index in [-0.39, 0.29) is 24.3 Å². The molecule has 0 amide bonds. The van der Waals surface area contributed by atoms with Crippen LogP contribution in [-0.4, -0.2) is 16.0 Å². The van der Waals surface area contributed by atoms with Crippen molar-refractivity contribution in [1.29, 1.82) is 10.5 Å². The van der Waals surface area contributed by atoms with E-state index in [4.69, 9.17) is 5.73 Å². The molecule has 0 radical (unpaired) electrons. The van der Waals surface area contributed by atoms with E-state index in [2.05, 4.69) is 21.4 Å². The molecule has 1 atom stereocenters. The topological polar surface area (TPSA) is 111 Å². The summed E-state index contributed by atoms with van der Waals surface area (Å²) in [5.41, 5.74) is 6.90. The molecule has 0 aromatic carbocycles. The first kappa shape index (κ1) is 19.1. The van der Waals surface area contributed by atoms with Gasteiger partial charge in [-0.05, 0) is 24.8 Å². The van der Waals surface area contributed by atoms with Gasteiger partial charge in [0.1, 0.15) is 23.5 Å². The fourth-order valence-electron chi connectivity index (χ4n) is 2.33. The van der Waals surface area contributed by atoms with Gasteiger partial charge in [-0.1, -0.05) is 6.07 Å². The van der Waals surface area contributed by atoms with Crippen LogP contribution in [-0.2, 0) is 13.0 Å². The number of nitrogens with zero attached hydrogens (tertiary/aromatic N) is 4. The molecule has 9 heteroatoms. The number of anilines is 1. The predicted octanol–water partition coefficient (Wildman–Crippen LogP) is 3.42. The highest BCUT2D eigenvalue weighted by molar-refractivity contribution is 7.19. The number of hydrogen-bond acceptors (Lipinski definition) is 8. The Morgan fingerprint density at radius 1 is 1.32 bits per heavy atom. The Labute approximate surface area is 159 Å². The summed E-state index contributed by atoms with van der Waals surface area (Å²) in [6.07, 6.45) is 0.593. The van der Waals surface area contributed by atoms with Gasteiger partial charge in [-0.25, -0.2) is 9.97 Å². The second kappa shape index (κ2) is 8.24. The summed E-state index contributed by atoms with van der Waals surface area (Å²) in [5.74, 6) is 0.639. The van der Waals surface area contributed by atoms with Crippen molar-refractivity contribution in [2.45, 2.75) is 25.9 Å². The van der Waals surface area contributed by atoms with Crippen LogP contribution in [0, 0.1) is 22.7 Å². The summed E-state index contributed by atoms with van der Waals surface area (Å²) in [5, 5.41) is 24.0. The van der Waals surface area contributed by atoms with Crippen molar-refractivity contribution in [2.24, 2.45) is 5.73 Å². The monoisotopic (exact) mass is 390 g/mol. The van der Waals surface area contributed by atoms with E-state index in [9.17, 15) is 10.5 Å². The number of aromatic nitrogens is 2. The molecule has 0 aliphatic carbocycles. The molecule has 3 rings (SSSR count). The number of nitrogens with one attached hydrogen (secondary N) is 1. The molecule has 0 aliphatic heterocycles. The third-order valence-corrected chi connectivity index (χ3v) is 5.42. The molecule has 3 aromatic rings. The van der Waals surface area contributed by atoms with E-state index < -0.39 is 0 Å². The minimum atomic E-state index is -0.0592. The summed E-state index contributed by atoms with van der Waals surface area (Å²) in [6.45, 7) is 2.50. The van der Waals surface area contributed by atoms with Crippen molar-refractivity contribution < 1.29 is 0 Å². The van der Waals surface area contributed by atoms with E-state index in [0.717, 1.165) is 14.5 Å². The number of rotatable bonds is 5. The van der Waals surface area contributed by atoms with Crippen LogP contribution in [0.25, 0.3) is 10.2 Å². The number of nitriles is 2. The quantitative estimate of drug-likeness (QED) is 0.690. The molecule has 0 aliphatic rings. The third kappa shape index (κ3) is 4.06. The molecule has 128 valence electrons. The average Bonchev–Trinajstić information content (AvgIpc) is 3.18. The summed E-state index contributed by atoms with van der Waals surface area (Å²) >= 11 is 3.11. The van der Waals surface area contributed by atoms with Crippen LogP contribution in [0.4, 0.5) is 5.82 Å². The SMILES string of the molecule is C[C@H](N)Cc1sc2c(NCc3cccs3)nc(C#N)nc2c1C#N.Cl. The van der Waals surface area contributed by atoms with Gasteiger partial charge in [0.25, 0.3) is 0 Å². The molecule has 0 unspecified atom stereocenters. The molecular weight excluding hydrogens is 376 g/mol. The first-order valence-electron chi connectivity index (χ1n) is 7.27. The molecule has 6 nitrogen and oxygen atoms in total. The molecule has 3 heterocycles. The third-order valence-electron chi connectivity index (χ3n) is 3.34. The van der Waals surface area contributed by atoms with Gasteiger partial charge in [0.2, 0.25) is 5.82 Å². The second-order valence-electron chi connectivity index (χ2n) is 5.31. The van der Waals surface area contributed by atoms with Gasteiger partial charge in [0, 0.05) is 15.8 Å². The van der Waals surface area contributed by atoms with Gasteiger partial charge >= 0.3 is 0 Å². The first-order chi connectivity index (χ1) is 11.6. The Bertz CT molecular complexity index is 950. The molecular formula is C16H15ClN6S2. The summed E-state index contributed by atoms with van der Waals surface area (Å²) in [6, 6.07) is 8.12. The van der Waals surface area contributed by atoms with Gasteiger partial charge in [-0.15, -0.1) is 35.1 Å². The van der Waals surface area contributed by atoms with Gasteiger partial charge in [0.15, 0.2) is 0 Å². The van der Waals surface area contributed by atoms with E-state index >= 15 is 0 Å². The van der Waals surface area contributed by atoms with Crippen LogP contribution < -0.4 is 11.1 Å². The highest BCUT2D eigenvalue weighted by Crippen LogP contribution is 2.35. The van der Waals surface area contributed by atoms with Crippen molar-refractivity contribution in [1.82, 2.24) is 9.97 Å². The number of nitrogens with two attached hydrogens (primary N) is 1. The smallest absolute Gasteiger partial charge is 0.234 e. The Hall–Kier alpha value is -2.23. The Morgan fingerprint density at radius 3 is 2.72 bits per heavy atom. The lowest BCUT2D eigenvalue weighted by Gasteiger charge is -2.05. The zero-order chi connectivity index (χ0) is 17.1. The van der Waals surface area contributed by atoms with Crippen LogP contribution in [0.5, 0.6) is 0 Å². The molecule has 25 heavy (non-hydrogen) atoms. The van der Waals surface area contributed by atoms with Crippen LogP contribution in [0.2, 0.25) is 0 Å². The zero-order valence-electron chi connectivity index (χ0n) is 13.3. The zero-order valence-corrected chi connectivity index (χ0v) is 15.8. The normalized spacial score (nSPS) is 11.4. The van der Waals surface area contributed by atoms with Gasteiger partial charge in [0.05, 0.1) is 16.8 Å². The van der Waals surface area contributed by atoms with Gasteiger partial charge < -0.3 is 11.1 Å². The van der Waals surface area contributed by atoms with Crippen LogP contribution in [0.1, 0.15) is 28.1 Å². The fraction of sp³-hybridized carbons (Fsp3) is 0.250. The standard InChI is InChI=1S/C16H14N6S2.ClH/c1-9(19)5-12-11(6-17)14-15(24-12)16(22-13(7-18)21-14)20-8-10-3-2-4-23-10;/h2-4,9H,5,8,19H2,1H3,(H,20,21,22);1H/t9-;/m0./s1. The van der Waals surface area contributed by atoms with Gasteiger partial charge in [-0.2, -0.15) is 10.5 Å². The van der Waals surface area contributed by atoms with E-state index in [1.807, 2.05) is 30.5 Å². The van der Waals surface area contributed by atoms with E-state index in [1.54, 1.807) is 11.3 Å². The Morgan fingerprint density at radius 2 is 2.12 bits per heavy atom. The van der Waals surface area contributed by atoms with Gasteiger partial charge in [-0.3, -0.25) is 0 Å². The minimum Gasteiger partial charge on any atom is -0.364 e. The van der Waals surface area contributed by atoms with Crippen molar-refractivity contribution >= 4 is 51.1 Å². The van der Waals surface area contributed by atoms with Crippen molar-refractivity contribution in [2.75, 3.05) is 5.32 Å². The number of halogens is 1. The maximum Gasteiger partial charge on any atom is 0.234 e. The van der Waals surface area contributed by atoms with Crippen LogP contribution in [0.15, 0.2) is 17.5 Å². The Kier molecular flexibility index (Phi) is 6.29. The predicted molar refractivity (Wildman–Crippen MR) is 103 cm³/mol. The molecule has 0 bridgehead atoms. The highest BCUT2D eigenvalue weighted by Gasteiger charge is 2.19. The maximum atomic E-state index is 9.51. The summed E-state index contributed by atoms with van der Waals surface area (Å²) in [4.78, 5) is 10.6. The summed E-state index contributed by atoms with van der Waals surface area (Å²) in [7, 11) is 0. The molecule has 3 aromatic heterocycles. The minimum absolute atomic E-state index is 0. The number of hydrogen-bond donors (Lipinski definition) is 2. The lowest BCUT2D eigenvalue weighted by molar-refractivity contribution is 0.746. The van der Waals surface area contributed by atoms with Crippen molar-refractivity contribution in [3.63, 3.8) is 0 Å². The lowest BCUT2D eigenvalue weighted by atomic mass is 10.1. The molecule has 0 fully saturated rings. The number of thiophene rings is 2. The van der Waals surface area contributed by atoms with Crippen LogP contribution in [0.3, 0.4) is 0 Å². The Balaban J connectivity index is 0.00000225. The first-order valence-corrected chi connectivity index (χ1v) is 8.97. The molecule has 0 saturated carbocycles. The highest BCUT2D eigenvalue weighted by atomic mass is 35.5. The average molecular weight is 391 g/mol. The van der Waals surface area contributed by atoms with Crippen molar-refractivity contribution in [3.8, 4) is 12.1 Å². The second-order valence-corrected chi connectivity index (χ2v) is 7.45. The number of fused-ring (bicyclic) bond motifs is 1. The molecule has 0 spiro atoms. The van der Waals surface area contributed by atoms with Crippen LogP contribution >= 0.6 is 35.1 Å². The molecule has 0 saturated heterocycles. The van der Waals surface area contributed by atoms with E-state index in [0.29, 0.717) is 29.9 Å². The fourth-order valence-corrected chi connectivity index (χ4v) is 4.27. The molecule has 3 N–H and O–H groups in total. The maximum absolute atomic E-state index is 9.51.